The fourth-order valence-electron chi connectivity index (χ4n) is 6.84. The average molecular weight is 564 g/mol. The second-order valence-electron chi connectivity index (χ2n) is 11.2. The topological polar surface area (TPSA) is 38.7 Å². The van der Waals surface area contributed by atoms with Crippen LogP contribution in [0.5, 0.6) is 0 Å². The fourth-order valence-corrected chi connectivity index (χ4v) is 6.84. The Kier molecular flexibility index (Phi) is 6.42. The third kappa shape index (κ3) is 4.25. The van der Waals surface area contributed by atoms with Crippen LogP contribution >= 0.6 is 0 Å². The van der Waals surface area contributed by atoms with Gasteiger partial charge in [-0.3, -0.25) is 0 Å². The van der Waals surface area contributed by atoms with Crippen molar-refractivity contribution in [2.45, 2.75) is 11.8 Å². The Bertz CT molecular complexity index is 1980. The molecule has 1 aromatic heterocycles. The van der Waals surface area contributed by atoms with Crippen LogP contribution in [0.3, 0.4) is 0 Å². The van der Waals surface area contributed by atoms with Gasteiger partial charge in [0.25, 0.3) is 0 Å². The highest BCUT2D eigenvalue weighted by atomic mass is 15.0. The normalized spacial score (nSPS) is 12.8. The molecule has 0 radical (unpaired) electrons. The summed E-state index contributed by atoms with van der Waals surface area (Å²) in [6.07, 6.45) is 0.570. The van der Waals surface area contributed by atoms with Crippen LogP contribution in [0.4, 0.5) is 0 Å². The number of nitrogens with zero attached hydrogens (tertiary/aromatic N) is 3. The van der Waals surface area contributed by atoms with Gasteiger partial charge in [0.15, 0.2) is 11.6 Å². The molecule has 0 amide bonds. The SMILES string of the molecule is c1ccc(-c2nc(Cc3cccc4c3C(c3ccccc3)(c3ccccc3)c3ccccc3-4)nc(-c3ccccc3)n2)cc1. The molecule has 0 bridgehead atoms. The largest absolute Gasteiger partial charge is 0.213 e. The van der Waals surface area contributed by atoms with Crippen LogP contribution in [-0.4, -0.2) is 15.0 Å². The molecule has 1 aliphatic rings. The molecule has 208 valence electrons. The zero-order chi connectivity index (χ0) is 29.3. The second kappa shape index (κ2) is 10.9. The summed E-state index contributed by atoms with van der Waals surface area (Å²) in [5, 5.41) is 0. The van der Waals surface area contributed by atoms with Crippen molar-refractivity contribution in [1.82, 2.24) is 15.0 Å². The minimum absolute atomic E-state index is 0.484. The van der Waals surface area contributed by atoms with E-state index < -0.39 is 5.41 Å². The molecule has 0 atom stereocenters. The first-order valence-corrected chi connectivity index (χ1v) is 15.0. The summed E-state index contributed by atoms with van der Waals surface area (Å²) in [6.45, 7) is 0. The van der Waals surface area contributed by atoms with E-state index in [0.29, 0.717) is 18.1 Å². The molecular weight excluding hydrogens is 534 g/mol. The van der Waals surface area contributed by atoms with E-state index in [2.05, 4.69) is 127 Å². The molecule has 0 spiro atoms. The smallest absolute Gasteiger partial charge is 0.163 e. The average Bonchev–Trinajstić information content (AvgIpc) is 3.42. The number of rotatable bonds is 6. The summed E-state index contributed by atoms with van der Waals surface area (Å²) in [7, 11) is 0. The van der Waals surface area contributed by atoms with Crippen molar-refractivity contribution in [3.8, 4) is 33.9 Å². The molecule has 7 aromatic rings. The molecular formula is C41H29N3. The van der Waals surface area contributed by atoms with E-state index in [1.54, 1.807) is 0 Å². The lowest BCUT2D eigenvalue weighted by Gasteiger charge is -2.35. The molecule has 0 fully saturated rings. The third-order valence-corrected chi connectivity index (χ3v) is 8.65. The molecule has 3 heteroatoms. The Morgan fingerprint density at radius 3 is 1.45 bits per heavy atom. The fraction of sp³-hybridized carbons (Fsp3) is 0.0488. The standard InChI is InChI=1S/C41H29N3/c1-5-16-29(17-6-1)39-42-37(43-40(44-39)30-18-7-2-8-19-30)28-31-20-15-26-35-34-25-13-14-27-36(34)41(38(31)35,32-21-9-3-10-22-32)33-23-11-4-12-24-33/h1-27H,28H2. The first-order chi connectivity index (χ1) is 21.8. The lowest BCUT2D eigenvalue weighted by atomic mass is 9.66. The minimum Gasteiger partial charge on any atom is -0.213 e. The molecule has 1 heterocycles. The van der Waals surface area contributed by atoms with Crippen molar-refractivity contribution in [2.24, 2.45) is 0 Å². The van der Waals surface area contributed by atoms with E-state index in [1.807, 2.05) is 36.4 Å². The Labute approximate surface area is 257 Å². The van der Waals surface area contributed by atoms with Gasteiger partial charge >= 0.3 is 0 Å². The van der Waals surface area contributed by atoms with E-state index in [-0.39, 0.29) is 0 Å². The van der Waals surface area contributed by atoms with E-state index in [0.717, 1.165) is 17.0 Å². The molecule has 8 rings (SSSR count). The van der Waals surface area contributed by atoms with Gasteiger partial charge in [-0.05, 0) is 38.9 Å². The summed E-state index contributed by atoms with van der Waals surface area (Å²) in [4.78, 5) is 15.1. The van der Waals surface area contributed by atoms with Gasteiger partial charge in [-0.25, -0.2) is 15.0 Å². The maximum Gasteiger partial charge on any atom is 0.163 e. The quantitative estimate of drug-likeness (QED) is 0.202. The Hall–Kier alpha value is -5.67. The van der Waals surface area contributed by atoms with E-state index >= 15 is 0 Å². The highest BCUT2D eigenvalue weighted by Crippen LogP contribution is 2.57. The first-order valence-electron chi connectivity index (χ1n) is 15.0. The van der Waals surface area contributed by atoms with Gasteiger partial charge in [-0.2, -0.15) is 0 Å². The summed E-state index contributed by atoms with van der Waals surface area (Å²) < 4.78 is 0. The van der Waals surface area contributed by atoms with E-state index in [9.17, 15) is 0 Å². The van der Waals surface area contributed by atoms with Crippen molar-refractivity contribution in [3.63, 3.8) is 0 Å². The van der Waals surface area contributed by atoms with Crippen LogP contribution in [0.15, 0.2) is 164 Å². The lowest BCUT2D eigenvalue weighted by molar-refractivity contribution is 0.754. The molecule has 0 aliphatic heterocycles. The predicted octanol–water partition coefficient (Wildman–Crippen LogP) is 9.16. The minimum atomic E-state index is -0.484. The van der Waals surface area contributed by atoms with Crippen molar-refractivity contribution < 1.29 is 0 Å². The molecule has 1 aliphatic carbocycles. The first kappa shape index (κ1) is 26.0. The van der Waals surface area contributed by atoms with Crippen LogP contribution in [0.25, 0.3) is 33.9 Å². The van der Waals surface area contributed by atoms with Gasteiger partial charge in [-0.15, -0.1) is 0 Å². The Balaban J connectivity index is 1.38. The second-order valence-corrected chi connectivity index (χ2v) is 11.2. The van der Waals surface area contributed by atoms with E-state index in [1.165, 1.54) is 38.9 Å². The molecule has 44 heavy (non-hydrogen) atoms. The zero-order valence-corrected chi connectivity index (χ0v) is 24.1. The van der Waals surface area contributed by atoms with E-state index in [4.69, 9.17) is 15.0 Å². The van der Waals surface area contributed by atoms with Crippen molar-refractivity contribution in [2.75, 3.05) is 0 Å². The molecule has 3 nitrogen and oxygen atoms in total. The van der Waals surface area contributed by atoms with Gasteiger partial charge in [0.05, 0.1) is 5.41 Å². The molecule has 0 saturated heterocycles. The number of benzene rings is 6. The van der Waals surface area contributed by atoms with Crippen LogP contribution in [-0.2, 0) is 11.8 Å². The summed E-state index contributed by atoms with van der Waals surface area (Å²) in [5.41, 5.74) is 10.3. The van der Waals surface area contributed by atoms with Gasteiger partial charge in [0, 0.05) is 17.5 Å². The van der Waals surface area contributed by atoms with Crippen LogP contribution in [0.1, 0.15) is 33.6 Å². The highest BCUT2D eigenvalue weighted by Gasteiger charge is 2.47. The summed E-state index contributed by atoms with van der Waals surface area (Å²) >= 11 is 0. The highest BCUT2D eigenvalue weighted by molar-refractivity contribution is 5.87. The molecule has 0 saturated carbocycles. The molecule has 0 unspecified atom stereocenters. The van der Waals surface area contributed by atoms with Crippen molar-refractivity contribution in [3.05, 3.63) is 197 Å². The number of fused-ring (bicyclic) bond motifs is 3. The van der Waals surface area contributed by atoms with Crippen molar-refractivity contribution >= 4 is 0 Å². The van der Waals surface area contributed by atoms with Crippen LogP contribution in [0.2, 0.25) is 0 Å². The summed E-state index contributed by atoms with van der Waals surface area (Å²) in [5.74, 6) is 2.11. The third-order valence-electron chi connectivity index (χ3n) is 8.65. The van der Waals surface area contributed by atoms with Crippen LogP contribution in [0, 0.1) is 0 Å². The van der Waals surface area contributed by atoms with Gasteiger partial charge in [0.2, 0.25) is 0 Å². The predicted molar refractivity (Wildman–Crippen MR) is 177 cm³/mol. The van der Waals surface area contributed by atoms with Crippen LogP contribution < -0.4 is 0 Å². The van der Waals surface area contributed by atoms with Gasteiger partial charge < -0.3 is 0 Å². The number of aromatic nitrogens is 3. The maximum absolute atomic E-state index is 5.07. The van der Waals surface area contributed by atoms with Crippen molar-refractivity contribution in [1.29, 1.82) is 0 Å². The zero-order valence-electron chi connectivity index (χ0n) is 24.1. The molecule has 0 N–H and O–H groups in total. The number of hydrogen-bond acceptors (Lipinski definition) is 3. The maximum atomic E-state index is 5.07. The molecule has 6 aromatic carbocycles. The summed E-state index contributed by atoms with van der Waals surface area (Å²) in [6, 6.07) is 57.7. The monoisotopic (exact) mass is 563 g/mol. The Morgan fingerprint density at radius 2 is 0.886 bits per heavy atom. The Morgan fingerprint density at radius 1 is 0.409 bits per heavy atom. The number of hydrogen-bond donors (Lipinski definition) is 0. The lowest BCUT2D eigenvalue weighted by Crippen LogP contribution is -2.30. The van der Waals surface area contributed by atoms with Gasteiger partial charge in [0.1, 0.15) is 5.82 Å². The van der Waals surface area contributed by atoms with Gasteiger partial charge in [-0.1, -0.05) is 164 Å².